The van der Waals surface area contributed by atoms with Gasteiger partial charge in [-0.05, 0) is 74.8 Å². The van der Waals surface area contributed by atoms with Crippen LogP contribution in [-0.2, 0) is 6.42 Å². The fourth-order valence-corrected chi connectivity index (χ4v) is 2.15. The summed E-state index contributed by atoms with van der Waals surface area (Å²) in [7, 11) is 0. The highest BCUT2D eigenvalue weighted by Gasteiger charge is 2.06. The van der Waals surface area contributed by atoms with Crippen molar-refractivity contribution in [1.82, 2.24) is 0 Å². The lowest BCUT2D eigenvalue weighted by Crippen LogP contribution is -1.99. The summed E-state index contributed by atoms with van der Waals surface area (Å²) in [6, 6.07) is 2.31. The molecule has 0 aliphatic heterocycles. The quantitative estimate of drug-likeness (QED) is 0.500. The normalized spacial score (nSPS) is 10.4. The minimum atomic E-state index is 1.12. The predicted molar refractivity (Wildman–Crippen MR) is 68.5 cm³/mol. The molecule has 0 spiro atoms. The molecule has 1 rings (SSSR count). The average molecular weight is 202 g/mol. The van der Waals surface area contributed by atoms with E-state index in [9.17, 15) is 0 Å². The van der Waals surface area contributed by atoms with Gasteiger partial charge in [-0.2, -0.15) is 0 Å². The molecule has 1 aromatic carbocycles. The Morgan fingerprint density at radius 1 is 1.07 bits per heavy atom. The van der Waals surface area contributed by atoms with Gasteiger partial charge in [0.1, 0.15) is 0 Å². The first-order chi connectivity index (χ1) is 7.07. The van der Waals surface area contributed by atoms with E-state index in [2.05, 4.69) is 40.3 Å². The average Bonchev–Trinajstić information content (AvgIpc) is 2.20. The molecule has 0 atom stereocenters. The van der Waals surface area contributed by atoms with Gasteiger partial charge in [-0.25, -0.2) is 0 Å². The summed E-state index contributed by atoms with van der Waals surface area (Å²) in [4.78, 5) is 0. The van der Waals surface area contributed by atoms with Crippen molar-refractivity contribution < 1.29 is 0 Å². The fourth-order valence-electron chi connectivity index (χ4n) is 2.15. The number of benzene rings is 1. The molecule has 0 aliphatic rings. The third kappa shape index (κ3) is 2.71. The molecule has 82 valence electrons. The minimum Gasteiger partial charge on any atom is -0.103 e. The third-order valence-corrected chi connectivity index (χ3v) is 3.35. The van der Waals surface area contributed by atoms with Gasteiger partial charge in [0, 0.05) is 0 Å². The van der Waals surface area contributed by atoms with Crippen molar-refractivity contribution in [2.45, 2.75) is 47.0 Å². The van der Waals surface area contributed by atoms with Crippen LogP contribution in [-0.4, -0.2) is 0 Å². The Morgan fingerprint density at radius 3 is 2.33 bits per heavy atom. The molecule has 0 amide bonds. The van der Waals surface area contributed by atoms with Crippen molar-refractivity contribution in [3.8, 4) is 0 Å². The topological polar surface area (TPSA) is 0 Å². The van der Waals surface area contributed by atoms with E-state index in [1.165, 1.54) is 35.1 Å². The summed E-state index contributed by atoms with van der Waals surface area (Å²) in [6.45, 7) is 12.7. The summed E-state index contributed by atoms with van der Waals surface area (Å²) in [5.41, 5.74) is 7.34. The second-order valence-electron chi connectivity index (χ2n) is 4.42. The summed E-state index contributed by atoms with van der Waals surface area (Å²) in [5, 5.41) is 0. The number of aryl methyl sites for hydroxylation is 2. The van der Waals surface area contributed by atoms with Crippen LogP contribution in [0.4, 0.5) is 0 Å². The molecule has 0 saturated carbocycles. The molecule has 0 aliphatic carbocycles. The van der Waals surface area contributed by atoms with Crippen LogP contribution in [0, 0.1) is 27.7 Å². The maximum absolute atomic E-state index is 3.77. The third-order valence-electron chi connectivity index (χ3n) is 3.35. The number of hydrogen-bond acceptors (Lipinski definition) is 0. The predicted octanol–water partition coefficient (Wildman–Crippen LogP) is 4.43. The van der Waals surface area contributed by atoms with Crippen LogP contribution in [0.15, 0.2) is 18.7 Å². The first-order valence-electron chi connectivity index (χ1n) is 5.75. The van der Waals surface area contributed by atoms with E-state index in [1.54, 1.807) is 5.56 Å². The van der Waals surface area contributed by atoms with Gasteiger partial charge in [0.05, 0.1) is 0 Å². The van der Waals surface area contributed by atoms with Gasteiger partial charge in [-0.15, -0.1) is 6.58 Å². The zero-order chi connectivity index (χ0) is 11.4. The molecule has 0 nitrogen and oxygen atoms in total. The lowest BCUT2D eigenvalue weighted by molar-refractivity contribution is 0.830. The highest BCUT2D eigenvalue weighted by Crippen LogP contribution is 2.23. The number of unbranched alkanes of at least 4 members (excludes halogenated alkanes) is 1. The molecule has 0 radical (unpaired) electrons. The summed E-state index contributed by atoms with van der Waals surface area (Å²) in [6.07, 6.45) is 5.52. The molecular weight excluding hydrogens is 180 g/mol. The van der Waals surface area contributed by atoms with E-state index in [-0.39, 0.29) is 0 Å². The maximum Gasteiger partial charge on any atom is -0.0271 e. The summed E-state index contributed by atoms with van der Waals surface area (Å²) in [5.74, 6) is 0. The van der Waals surface area contributed by atoms with E-state index < -0.39 is 0 Å². The SMILES string of the molecule is C=CCCCc1c(C)cc(C)c(C)c1C. The second kappa shape index (κ2) is 5.16. The van der Waals surface area contributed by atoms with Crippen molar-refractivity contribution >= 4 is 0 Å². The van der Waals surface area contributed by atoms with Gasteiger partial charge < -0.3 is 0 Å². The Labute approximate surface area is 94.0 Å². The molecular formula is C15H22. The van der Waals surface area contributed by atoms with Crippen molar-refractivity contribution in [2.75, 3.05) is 0 Å². The zero-order valence-corrected chi connectivity index (χ0v) is 10.5. The van der Waals surface area contributed by atoms with Gasteiger partial charge in [0.2, 0.25) is 0 Å². The molecule has 0 fully saturated rings. The van der Waals surface area contributed by atoms with Crippen LogP contribution < -0.4 is 0 Å². The molecule has 0 heterocycles. The van der Waals surface area contributed by atoms with Crippen LogP contribution >= 0.6 is 0 Å². The molecule has 0 aromatic heterocycles. The highest BCUT2D eigenvalue weighted by molar-refractivity contribution is 5.43. The van der Waals surface area contributed by atoms with E-state index in [0.29, 0.717) is 0 Å². The Hall–Kier alpha value is -1.04. The largest absolute Gasteiger partial charge is 0.103 e. The van der Waals surface area contributed by atoms with Crippen LogP contribution in [0.3, 0.4) is 0 Å². The molecule has 1 aromatic rings. The Bertz CT molecular complexity index is 359. The molecule has 0 N–H and O–H groups in total. The van der Waals surface area contributed by atoms with E-state index in [0.717, 1.165) is 6.42 Å². The number of hydrogen-bond donors (Lipinski definition) is 0. The van der Waals surface area contributed by atoms with Gasteiger partial charge in [-0.3, -0.25) is 0 Å². The Balaban J connectivity index is 2.96. The van der Waals surface area contributed by atoms with E-state index in [4.69, 9.17) is 0 Å². The second-order valence-corrected chi connectivity index (χ2v) is 4.42. The van der Waals surface area contributed by atoms with E-state index >= 15 is 0 Å². The Kier molecular flexibility index (Phi) is 4.14. The van der Waals surface area contributed by atoms with Crippen LogP contribution in [0.5, 0.6) is 0 Å². The molecule has 0 bridgehead atoms. The van der Waals surface area contributed by atoms with Crippen LogP contribution in [0.25, 0.3) is 0 Å². The molecule has 0 saturated heterocycles. The Morgan fingerprint density at radius 2 is 1.73 bits per heavy atom. The lowest BCUT2D eigenvalue weighted by Gasteiger charge is -2.14. The van der Waals surface area contributed by atoms with Crippen molar-refractivity contribution in [3.63, 3.8) is 0 Å². The van der Waals surface area contributed by atoms with Crippen molar-refractivity contribution in [3.05, 3.63) is 46.5 Å². The summed E-state index contributed by atoms with van der Waals surface area (Å²) < 4.78 is 0. The van der Waals surface area contributed by atoms with E-state index in [1.807, 2.05) is 6.08 Å². The van der Waals surface area contributed by atoms with Crippen LogP contribution in [0.2, 0.25) is 0 Å². The molecule has 15 heavy (non-hydrogen) atoms. The van der Waals surface area contributed by atoms with Crippen LogP contribution in [0.1, 0.15) is 40.7 Å². The van der Waals surface area contributed by atoms with Gasteiger partial charge in [0.25, 0.3) is 0 Å². The fraction of sp³-hybridized carbons (Fsp3) is 0.467. The number of allylic oxidation sites excluding steroid dienone is 1. The maximum atomic E-state index is 3.77. The standard InChI is InChI=1S/C15H22/c1-6-7-8-9-15-12(3)10-11(2)13(4)14(15)5/h6,10H,1,7-9H2,2-5H3. The van der Waals surface area contributed by atoms with Gasteiger partial charge >= 0.3 is 0 Å². The highest BCUT2D eigenvalue weighted by atomic mass is 14.1. The van der Waals surface area contributed by atoms with Crippen molar-refractivity contribution in [1.29, 1.82) is 0 Å². The smallest absolute Gasteiger partial charge is 0.0271 e. The van der Waals surface area contributed by atoms with Crippen molar-refractivity contribution in [2.24, 2.45) is 0 Å². The zero-order valence-electron chi connectivity index (χ0n) is 10.5. The monoisotopic (exact) mass is 202 g/mol. The molecule has 0 unspecified atom stereocenters. The molecule has 0 heteroatoms. The number of rotatable bonds is 4. The summed E-state index contributed by atoms with van der Waals surface area (Å²) >= 11 is 0. The van der Waals surface area contributed by atoms with Gasteiger partial charge in [-0.1, -0.05) is 12.1 Å². The van der Waals surface area contributed by atoms with Gasteiger partial charge in [0.15, 0.2) is 0 Å². The minimum absolute atomic E-state index is 1.12. The first kappa shape index (κ1) is 12.0. The lowest BCUT2D eigenvalue weighted by atomic mass is 9.91. The first-order valence-corrected chi connectivity index (χ1v) is 5.75.